The number of benzene rings is 2. The van der Waals surface area contributed by atoms with Crippen molar-refractivity contribution in [2.45, 2.75) is 31.3 Å². The second-order valence-corrected chi connectivity index (χ2v) is 6.04. The molecular formula is C20H23NO2. The van der Waals surface area contributed by atoms with Crippen molar-refractivity contribution in [2.75, 3.05) is 13.2 Å². The van der Waals surface area contributed by atoms with E-state index in [-0.39, 0.29) is 17.9 Å². The van der Waals surface area contributed by atoms with E-state index in [9.17, 15) is 4.79 Å². The van der Waals surface area contributed by atoms with Crippen LogP contribution in [0.2, 0.25) is 0 Å². The minimum atomic E-state index is -0.261. The summed E-state index contributed by atoms with van der Waals surface area (Å²) in [6.45, 7) is 1.34. The van der Waals surface area contributed by atoms with Crippen LogP contribution in [0.5, 0.6) is 0 Å². The number of carbonyl (C=O) groups excluding carboxylic acids is 1. The third-order valence-electron chi connectivity index (χ3n) is 4.34. The van der Waals surface area contributed by atoms with Gasteiger partial charge in [0.1, 0.15) is 6.10 Å². The highest BCUT2D eigenvalue weighted by Gasteiger charge is 2.24. The van der Waals surface area contributed by atoms with Crippen molar-refractivity contribution in [1.82, 2.24) is 5.32 Å². The van der Waals surface area contributed by atoms with E-state index in [4.69, 9.17) is 4.74 Å². The summed E-state index contributed by atoms with van der Waals surface area (Å²) in [5.41, 5.74) is 2.54. The third kappa shape index (κ3) is 4.42. The molecule has 2 unspecified atom stereocenters. The largest absolute Gasteiger partial charge is 0.368 e. The van der Waals surface area contributed by atoms with Gasteiger partial charge >= 0.3 is 0 Å². The van der Waals surface area contributed by atoms with Crippen LogP contribution < -0.4 is 5.32 Å². The topological polar surface area (TPSA) is 38.3 Å². The molecule has 0 radical (unpaired) electrons. The lowest BCUT2D eigenvalue weighted by molar-refractivity contribution is -0.130. The molecule has 1 fully saturated rings. The molecule has 0 spiro atoms. The van der Waals surface area contributed by atoms with Crippen molar-refractivity contribution in [3.05, 3.63) is 71.8 Å². The smallest absolute Gasteiger partial charge is 0.249 e. The normalized spacial score (nSPS) is 18.5. The molecule has 2 atom stereocenters. The molecule has 1 aliphatic heterocycles. The predicted octanol–water partition coefficient (Wildman–Crippen LogP) is 3.31. The number of amides is 1. The lowest BCUT2D eigenvalue weighted by Gasteiger charge is -2.19. The predicted molar refractivity (Wildman–Crippen MR) is 91.3 cm³/mol. The van der Waals surface area contributed by atoms with Crippen LogP contribution in [0, 0.1) is 0 Å². The number of nitrogens with one attached hydrogen (secondary N) is 1. The number of ether oxygens (including phenoxy) is 1. The molecule has 3 nitrogen and oxygen atoms in total. The Morgan fingerprint density at radius 1 is 1.09 bits per heavy atom. The van der Waals surface area contributed by atoms with Crippen LogP contribution in [0.1, 0.15) is 29.9 Å². The molecule has 1 heterocycles. The van der Waals surface area contributed by atoms with Gasteiger partial charge in [0.05, 0.1) is 0 Å². The van der Waals surface area contributed by atoms with Crippen LogP contribution in [0.3, 0.4) is 0 Å². The minimum Gasteiger partial charge on any atom is -0.368 e. The Morgan fingerprint density at radius 3 is 2.43 bits per heavy atom. The summed E-state index contributed by atoms with van der Waals surface area (Å²) in [5, 5.41) is 3.08. The maximum absolute atomic E-state index is 12.2. The monoisotopic (exact) mass is 309 g/mol. The molecule has 0 bridgehead atoms. The molecule has 0 aliphatic carbocycles. The average molecular weight is 309 g/mol. The lowest BCUT2D eigenvalue weighted by atomic mass is 9.92. The van der Waals surface area contributed by atoms with E-state index in [1.54, 1.807) is 0 Å². The van der Waals surface area contributed by atoms with Gasteiger partial charge < -0.3 is 10.1 Å². The summed E-state index contributed by atoms with van der Waals surface area (Å²) in [5.74, 6) is 0.292. The molecule has 2 aromatic rings. The van der Waals surface area contributed by atoms with Gasteiger partial charge in [0.15, 0.2) is 0 Å². The van der Waals surface area contributed by atoms with E-state index < -0.39 is 0 Å². The summed E-state index contributed by atoms with van der Waals surface area (Å²) >= 11 is 0. The lowest BCUT2D eigenvalue weighted by Crippen LogP contribution is -2.37. The number of rotatable bonds is 6. The fourth-order valence-electron chi connectivity index (χ4n) is 3.05. The van der Waals surface area contributed by atoms with Gasteiger partial charge in [0, 0.05) is 19.1 Å². The fraction of sp³-hybridized carbons (Fsp3) is 0.350. The molecule has 3 rings (SSSR count). The number of carbonyl (C=O) groups is 1. The third-order valence-corrected chi connectivity index (χ3v) is 4.34. The van der Waals surface area contributed by atoms with Crippen molar-refractivity contribution >= 4 is 5.91 Å². The second kappa shape index (κ2) is 7.93. The first-order chi connectivity index (χ1) is 11.3. The van der Waals surface area contributed by atoms with Crippen molar-refractivity contribution in [1.29, 1.82) is 0 Å². The molecular weight excluding hydrogens is 286 g/mol. The quantitative estimate of drug-likeness (QED) is 0.889. The van der Waals surface area contributed by atoms with Crippen LogP contribution in [0.4, 0.5) is 0 Å². The van der Waals surface area contributed by atoms with Crippen molar-refractivity contribution in [3.63, 3.8) is 0 Å². The SMILES string of the molecule is O=C(NCC(Cc1ccccc1)c1ccccc1)C1CCCO1. The Kier molecular flexibility index (Phi) is 5.43. The van der Waals surface area contributed by atoms with Crippen LogP contribution in [-0.4, -0.2) is 25.2 Å². The van der Waals surface area contributed by atoms with E-state index in [1.165, 1.54) is 11.1 Å². The van der Waals surface area contributed by atoms with Crippen molar-refractivity contribution < 1.29 is 9.53 Å². The molecule has 3 heteroatoms. The summed E-state index contributed by atoms with van der Waals surface area (Å²) in [7, 11) is 0. The van der Waals surface area contributed by atoms with Gasteiger partial charge in [-0.25, -0.2) is 0 Å². The fourth-order valence-corrected chi connectivity index (χ4v) is 3.05. The average Bonchev–Trinajstić information content (AvgIpc) is 3.15. The summed E-state index contributed by atoms with van der Waals surface area (Å²) in [6, 6.07) is 20.8. The summed E-state index contributed by atoms with van der Waals surface area (Å²) in [4.78, 5) is 12.2. The Bertz CT molecular complexity index is 606. The van der Waals surface area contributed by atoms with Crippen LogP contribution in [-0.2, 0) is 16.0 Å². The number of hydrogen-bond acceptors (Lipinski definition) is 2. The molecule has 1 aliphatic rings. The molecule has 0 aromatic heterocycles. The summed E-state index contributed by atoms with van der Waals surface area (Å²) in [6.07, 6.45) is 2.46. The highest BCUT2D eigenvalue weighted by molar-refractivity contribution is 5.81. The zero-order chi connectivity index (χ0) is 15.9. The van der Waals surface area contributed by atoms with E-state index in [0.717, 1.165) is 19.3 Å². The van der Waals surface area contributed by atoms with Gasteiger partial charge in [-0.3, -0.25) is 4.79 Å². The van der Waals surface area contributed by atoms with Gasteiger partial charge in [-0.15, -0.1) is 0 Å². The Balaban J connectivity index is 1.66. The van der Waals surface area contributed by atoms with Gasteiger partial charge in [-0.1, -0.05) is 60.7 Å². The molecule has 1 saturated heterocycles. The van der Waals surface area contributed by atoms with E-state index in [2.05, 4.69) is 53.8 Å². The first-order valence-electron chi connectivity index (χ1n) is 8.31. The van der Waals surface area contributed by atoms with Gasteiger partial charge in [0.2, 0.25) is 5.91 Å². The Labute approximate surface area is 137 Å². The molecule has 120 valence electrons. The van der Waals surface area contributed by atoms with Crippen LogP contribution in [0.15, 0.2) is 60.7 Å². The second-order valence-electron chi connectivity index (χ2n) is 6.04. The molecule has 2 aromatic carbocycles. The standard InChI is InChI=1S/C20H23NO2/c22-20(19-12-7-13-23-19)21-15-18(17-10-5-2-6-11-17)14-16-8-3-1-4-9-16/h1-6,8-11,18-19H,7,12-15H2,(H,21,22). The Hall–Kier alpha value is -2.13. The number of hydrogen-bond donors (Lipinski definition) is 1. The van der Waals surface area contributed by atoms with Gasteiger partial charge in [0.25, 0.3) is 0 Å². The maximum Gasteiger partial charge on any atom is 0.249 e. The highest BCUT2D eigenvalue weighted by Crippen LogP contribution is 2.21. The van der Waals surface area contributed by atoms with Crippen molar-refractivity contribution in [3.8, 4) is 0 Å². The minimum absolute atomic E-state index is 0.0245. The summed E-state index contributed by atoms with van der Waals surface area (Å²) < 4.78 is 5.46. The van der Waals surface area contributed by atoms with Gasteiger partial charge in [-0.2, -0.15) is 0 Å². The first kappa shape index (κ1) is 15.8. The Morgan fingerprint density at radius 2 is 1.78 bits per heavy atom. The molecule has 1 N–H and O–H groups in total. The molecule has 23 heavy (non-hydrogen) atoms. The van der Waals surface area contributed by atoms with Crippen molar-refractivity contribution in [2.24, 2.45) is 0 Å². The maximum atomic E-state index is 12.2. The van der Waals surface area contributed by atoms with Crippen LogP contribution >= 0.6 is 0 Å². The first-order valence-corrected chi connectivity index (χ1v) is 8.31. The van der Waals surface area contributed by atoms with E-state index in [1.807, 2.05) is 12.1 Å². The van der Waals surface area contributed by atoms with E-state index in [0.29, 0.717) is 13.2 Å². The zero-order valence-corrected chi connectivity index (χ0v) is 13.3. The molecule has 1 amide bonds. The van der Waals surface area contributed by atoms with E-state index >= 15 is 0 Å². The highest BCUT2D eigenvalue weighted by atomic mass is 16.5. The molecule has 0 saturated carbocycles. The van der Waals surface area contributed by atoms with Crippen LogP contribution in [0.25, 0.3) is 0 Å². The zero-order valence-electron chi connectivity index (χ0n) is 13.3. The van der Waals surface area contributed by atoms with Gasteiger partial charge in [-0.05, 0) is 30.4 Å².